The quantitative estimate of drug-likeness (QED) is 0.788. The number of aliphatic hydroxyl groups excluding tert-OH is 1. The van der Waals surface area contributed by atoms with Gasteiger partial charge in [-0.25, -0.2) is 0 Å². The number of hydrogen-bond acceptors (Lipinski definition) is 2. The van der Waals surface area contributed by atoms with E-state index in [0.29, 0.717) is 6.41 Å². The zero-order valence-corrected chi connectivity index (χ0v) is 9.86. The number of nitrogens with one attached hydrogen (secondary N) is 1. The first-order chi connectivity index (χ1) is 8.83. The molecular formula is C15H15NO2. The second-order valence-electron chi connectivity index (χ2n) is 4.03. The maximum Gasteiger partial charge on any atom is 0.207 e. The molecule has 0 unspecified atom stereocenters. The van der Waals surface area contributed by atoms with Gasteiger partial charge in [0.15, 0.2) is 0 Å². The standard InChI is InChI=1S/C15H15NO2/c17-11-16-14(12-7-3-1-4-8-12)15(18)13-9-5-2-6-10-13/h1-11,14-15,18H,(H,16,17)/t14-,15+/m0/s1. The fourth-order valence-corrected chi connectivity index (χ4v) is 1.95. The first-order valence-corrected chi connectivity index (χ1v) is 5.80. The Kier molecular flexibility index (Phi) is 4.10. The molecule has 0 saturated carbocycles. The maximum absolute atomic E-state index is 10.7. The van der Waals surface area contributed by atoms with E-state index in [0.717, 1.165) is 11.1 Å². The van der Waals surface area contributed by atoms with Crippen molar-refractivity contribution in [3.63, 3.8) is 0 Å². The van der Waals surface area contributed by atoms with Gasteiger partial charge in [0.05, 0.1) is 6.04 Å². The molecule has 0 fully saturated rings. The van der Waals surface area contributed by atoms with E-state index in [1.165, 1.54) is 0 Å². The van der Waals surface area contributed by atoms with Crippen LogP contribution in [-0.4, -0.2) is 11.5 Å². The summed E-state index contributed by atoms with van der Waals surface area (Å²) in [5, 5.41) is 13.0. The third kappa shape index (κ3) is 2.76. The van der Waals surface area contributed by atoms with Crippen molar-refractivity contribution in [2.75, 3.05) is 0 Å². The fourth-order valence-electron chi connectivity index (χ4n) is 1.95. The van der Waals surface area contributed by atoms with Crippen molar-refractivity contribution in [2.24, 2.45) is 0 Å². The minimum atomic E-state index is -0.765. The van der Waals surface area contributed by atoms with E-state index < -0.39 is 12.1 Å². The average Bonchev–Trinajstić information content (AvgIpc) is 2.46. The van der Waals surface area contributed by atoms with Gasteiger partial charge < -0.3 is 10.4 Å². The molecule has 0 aliphatic heterocycles. The van der Waals surface area contributed by atoms with Crippen LogP contribution in [0.5, 0.6) is 0 Å². The molecule has 0 aliphatic carbocycles. The lowest BCUT2D eigenvalue weighted by Gasteiger charge is -2.23. The first kappa shape index (κ1) is 12.3. The van der Waals surface area contributed by atoms with E-state index in [1.54, 1.807) is 0 Å². The van der Waals surface area contributed by atoms with Crippen molar-refractivity contribution < 1.29 is 9.90 Å². The largest absolute Gasteiger partial charge is 0.386 e. The van der Waals surface area contributed by atoms with Gasteiger partial charge in [-0.2, -0.15) is 0 Å². The number of carbonyl (C=O) groups excluding carboxylic acids is 1. The van der Waals surface area contributed by atoms with Crippen LogP contribution in [0.15, 0.2) is 60.7 Å². The SMILES string of the molecule is O=CN[C@@H](c1ccccc1)[C@H](O)c1ccccc1. The Morgan fingerprint density at radius 1 is 0.889 bits per heavy atom. The molecule has 2 aromatic rings. The summed E-state index contributed by atoms with van der Waals surface area (Å²) in [6, 6.07) is 18.3. The Morgan fingerprint density at radius 2 is 1.39 bits per heavy atom. The van der Waals surface area contributed by atoms with Gasteiger partial charge in [-0.05, 0) is 11.1 Å². The predicted molar refractivity (Wildman–Crippen MR) is 69.8 cm³/mol. The highest BCUT2D eigenvalue weighted by Crippen LogP contribution is 2.27. The van der Waals surface area contributed by atoms with Crippen molar-refractivity contribution in [3.8, 4) is 0 Å². The van der Waals surface area contributed by atoms with Gasteiger partial charge >= 0.3 is 0 Å². The molecule has 0 heterocycles. The van der Waals surface area contributed by atoms with E-state index in [1.807, 2.05) is 60.7 Å². The van der Waals surface area contributed by atoms with Gasteiger partial charge in [0, 0.05) is 0 Å². The summed E-state index contributed by atoms with van der Waals surface area (Å²) in [4.78, 5) is 10.7. The summed E-state index contributed by atoms with van der Waals surface area (Å²) in [5.74, 6) is 0. The van der Waals surface area contributed by atoms with Crippen molar-refractivity contribution in [1.82, 2.24) is 5.32 Å². The molecule has 18 heavy (non-hydrogen) atoms. The van der Waals surface area contributed by atoms with Crippen molar-refractivity contribution >= 4 is 6.41 Å². The predicted octanol–water partition coefficient (Wildman–Crippen LogP) is 2.21. The highest BCUT2D eigenvalue weighted by Gasteiger charge is 2.21. The fraction of sp³-hybridized carbons (Fsp3) is 0.133. The van der Waals surface area contributed by atoms with Crippen molar-refractivity contribution in [1.29, 1.82) is 0 Å². The number of aliphatic hydroxyl groups is 1. The zero-order valence-electron chi connectivity index (χ0n) is 9.86. The molecule has 0 spiro atoms. The molecule has 0 radical (unpaired) electrons. The molecule has 0 aromatic heterocycles. The normalized spacial score (nSPS) is 13.6. The highest BCUT2D eigenvalue weighted by atomic mass is 16.3. The lowest BCUT2D eigenvalue weighted by Crippen LogP contribution is -2.25. The van der Waals surface area contributed by atoms with E-state index in [9.17, 15) is 9.90 Å². The van der Waals surface area contributed by atoms with Gasteiger partial charge in [-0.3, -0.25) is 4.79 Å². The van der Waals surface area contributed by atoms with E-state index >= 15 is 0 Å². The van der Waals surface area contributed by atoms with E-state index in [4.69, 9.17) is 0 Å². The van der Waals surface area contributed by atoms with Crippen LogP contribution in [0, 0.1) is 0 Å². The van der Waals surface area contributed by atoms with Crippen molar-refractivity contribution in [3.05, 3.63) is 71.8 Å². The molecular weight excluding hydrogens is 226 g/mol. The Morgan fingerprint density at radius 3 is 1.89 bits per heavy atom. The minimum Gasteiger partial charge on any atom is -0.386 e. The topological polar surface area (TPSA) is 49.3 Å². The molecule has 0 aliphatic rings. The van der Waals surface area contributed by atoms with Crippen LogP contribution in [-0.2, 0) is 4.79 Å². The molecule has 2 N–H and O–H groups in total. The Bertz CT molecular complexity index is 484. The summed E-state index contributed by atoms with van der Waals surface area (Å²) in [6.07, 6.45) is -0.150. The van der Waals surface area contributed by atoms with Gasteiger partial charge in [-0.1, -0.05) is 60.7 Å². The zero-order chi connectivity index (χ0) is 12.8. The molecule has 2 atom stereocenters. The Labute approximate surface area is 106 Å². The maximum atomic E-state index is 10.7. The van der Waals surface area contributed by atoms with Crippen molar-refractivity contribution in [2.45, 2.75) is 12.1 Å². The number of benzene rings is 2. The number of carbonyl (C=O) groups is 1. The van der Waals surface area contributed by atoms with Crippen LogP contribution in [0.1, 0.15) is 23.3 Å². The molecule has 0 saturated heterocycles. The van der Waals surface area contributed by atoms with E-state index in [2.05, 4.69) is 5.32 Å². The molecule has 2 aromatic carbocycles. The van der Waals surface area contributed by atoms with Gasteiger partial charge in [0.1, 0.15) is 6.10 Å². The van der Waals surface area contributed by atoms with Crippen LogP contribution in [0.25, 0.3) is 0 Å². The second kappa shape index (κ2) is 5.98. The third-order valence-electron chi connectivity index (χ3n) is 2.86. The number of amides is 1. The van der Waals surface area contributed by atoms with Gasteiger partial charge in [0.2, 0.25) is 6.41 Å². The summed E-state index contributed by atoms with van der Waals surface area (Å²) >= 11 is 0. The second-order valence-corrected chi connectivity index (χ2v) is 4.03. The molecule has 2 rings (SSSR count). The summed E-state index contributed by atoms with van der Waals surface area (Å²) in [5.41, 5.74) is 1.65. The van der Waals surface area contributed by atoms with Crippen LogP contribution in [0.4, 0.5) is 0 Å². The summed E-state index contributed by atoms with van der Waals surface area (Å²) in [7, 11) is 0. The minimum absolute atomic E-state index is 0.439. The van der Waals surface area contributed by atoms with Crippen LogP contribution >= 0.6 is 0 Å². The molecule has 92 valence electrons. The monoisotopic (exact) mass is 241 g/mol. The van der Waals surface area contributed by atoms with Gasteiger partial charge in [-0.15, -0.1) is 0 Å². The Hall–Kier alpha value is -2.13. The van der Waals surface area contributed by atoms with Crippen LogP contribution in [0.3, 0.4) is 0 Å². The number of hydrogen-bond donors (Lipinski definition) is 2. The molecule has 3 heteroatoms. The van der Waals surface area contributed by atoms with Gasteiger partial charge in [0.25, 0.3) is 0 Å². The number of rotatable bonds is 5. The van der Waals surface area contributed by atoms with Crippen LogP contribution < -0.4 is 5.32 Å². The lowest BCUT2D eigenvalue weighted by molar-refractivity contribution is -0.111. The Balaban J connectivity index is 2.28. The van der Waals surface area contributed by atoms with Crippen LogP contribution in [0.2, 0.25) is 0 Å². The molecule has 3 nitrogen and oxygen atoms in total. The third-order valence-corrected chi connectivity index (χ3v) is 2.86. The first-order valence-electron chi connectivity index (χ1n) is 5.80. The average molecular weight is 241 g/mol. The summed E-state index contributed by atoms with van der Waals surface area (Å²) < 4.78 is 0. The summed E-state index contributed by atoms with van der Waals surface area (Å²) in [6.45, 7) is 0. The smallest absolute Gasteiger partial charge is 0.207 e. The molecule has 1 amide bonds. The highest BCUT2D eigenvalue weighted by molar-refractivity contribution is 5.48. The van der Waals surface area contributed by atoms with E-state index in [-0.39, 0.29) is 0 Å². The lowest BCUT2D eigenvalue weighted by atomic mass is 9.96. The molecule has 0 bridgehead atoms.